The fourth-order valence-corrected chi connectivity index (χ4v) is 2.44. The van der Waals surface area contributed by atoms with E-state index in [0.29, 0.717) is 6.10 Å². The lowest BCUT2D eigenvalue weighted by molar-refractivity contribution is 0.0790. The van der Waals surface area contributed by atoms with Gasteiger partial charge in [0, 0.05) is 13.2 Å². The second-order valence-corrected chi connectivity index (χ2v) is 5.82. The predicted molar refractivity (Wildman–Crippen MR) is 60.9 cm³/mol. The Bertz CT molecular complexity index is 215. The minimum atomic E-state index is 0.258. The van der Waals surface area contributed by atoms with Crippen molar-refractivity contribution in [1.82, 2.24) is 0 Å². The molecular weight excluding hydrogens is 188 g/mol. The molecule has 0 aromatic heterocycles. The Labute approximate surface area is 93.3 Å². The average Bonchev–Trinajstić information content (AvgIpc) is 2.83. The van der Waals surface area contributed by atoms with Crippen LogP contribution in [-0.2, 0) is 9.47 Å². The van der Waals surface area contributed by atoms with Crippen LogP contribution in [0, 0.1) is 11.8 Å². The molecule has 0 amide bonds. The lowest BCUT2D eigenvalue weighted by Crippen LogP contribution is -2.24. The highest BCUT2D eigenvalue weighted by Crippen LogP contribution is 2.49. The van der Waals surface area contributed by atoms with Gasteiger partial charge < -0.3 is 9.47 Å². The van der Waals surface area contributed by atoms with Crippen molar-refractivity contribution < 1.29 is 9.47 Å². The number of hydrogen-bond donors (Lipinski definition) is 0. The number of rotatable bonds is 5. The molecule has 88 valence electrons. The largest absolute Gasteiger partial charge is 0.381 e. The summed E-state index contributed by atoms with van der Waals surface area (Å²) in [6.45, 7) is 8.61. The van der Waals surface area contributed by atoms with Gasteiger partial charge in [0.05, 0.1) is 11.7 Å². The van der Waals surface area contributed by atoms with E-state index in [0.717, 1.165) is 25.0 Å². The van der Waals surface area contributed by atoms with Crippen LogP contribution in [0.4, 0.5) is 0 Å². The standard InChI is InChI=1S/C13H24O2/c1-10(2)5-7-14-9-11-4-6-13(3)12(8-11)15-13/h10-12H,4-9H2,1-3H3. The molecule has 1 aliphatic carbocycles. The van der Waals surface area contributed by atoms with Gasteiger partial charge >= 0.3 is 0 Å². The molecule has 2 aliphatic rings. The fourth-order valence-electron chi connectivity index (χ4n) is 2.44. The zero-order chi connectivity index (χ0) is 10.9. The summed E-state index contributed by atoms with van der Waals surface area (Å²) in [7, 11) is 0. The molecule has 0 spiro atoms. The van der Waals surface area contributed by atoms with Gasteiger partial charge in [0.25, 0.3) is 0 Å². The summed E-state index contributed by atoms with van der Waals surface area (Å²) in [5, 5.41) is 0. The van der Waals surface area contributed by atoms with Crippen LogP contribution in [-0.4, -0.2) is 24.9 Å². The van der Waals surface area contributed by atoms with Crippen molar-refractivity contribution in [3.8, 4) is 0 Å². The minimum absolute atomic E-state index is 0.258. The van der Waals surface area contributed by atoms with Crippen LogP contribution >= 0.6 is 0 Å². The van der Waals surface area contributed by atoms with E-state index in [1.54, 1.807) is 0 Å². The third-order valence-electron chi connectivity index (χ3n) is 3.82. The van der Waals surface area contributed by atoms with E-state index in [2.05, 4.69) is 20.8 Å². The van der Waals surface area contributed by atoms with Crippen LogP contribution in [0.3, 0.4) is 0 Å². The Morgan fingerprint density at radius 3 is 2.93 bits per heavy atom. The van der Waals surface area contributed by atoms with Gasteiger partial charge in [-0.1, -0.05) is 13.8 Å². The molecule has 1 heterocycles. The molecule has 2 fully saturated rings. The van der Waals surface area contributed by atoms with Crippen LogP contribution in [0.1, 0.15) is 46.5 Å². The second kappa shape index (κ2) is 4.42. The van der Waals surface area contributed by atoms with E-state index in [1.807, 2.05) is 0 Å². The number of epoxide rings is 1. The summed E-state index contributed by atoms with van der Waals surface area (Å²) in [5.41, 5.74) is 0.258. The van der Waals surface area contributed by atoms with Crippen LogP contribution in [0.2, 0.25) is 0 Å². The summed E-state index contributed by atoms with van der Waals surface area (Å²) in [4.78, 5) is 0. The van der Waals surface area contributed by atoms with Crippen LogP contribution < -0.4 is 0 Å². The summed E-state index contributed by atoms with van der Waals surface area (Å²) < 4.78 is 11.4. The molecule has 0 bridgehead atoms. The third-order valence-corrected chi connectivity index (χ3v) is 3.82. The van der Waals surface area contributed by atoms with Gasteiger partial charge in [-0.2, -0.15) is 0 Å². The highest BCUT2D eigenvalue weighted by atomic mass is 16.6. The van der Waals surface area contributed by atoms with E-state index in [4.69, 9.17) is 9.47 Å². The van der Waals surface area contributed by atoms with Crippen molar-refractivity contribution in [1.29, 1.82) is 0 Å². The molecule has 1 saturated heterocycles. The molecular formula is C13H24O2. The van der Waals surface area contributed by atoms with Crippen molar-refractivity contribution in [2.24, 2.45) is 11.8 Å². The Balaban J connectivity index is 1.57. The SMILES string of the molecule is CC(C)CCOCC1CCC2(C)OC2C1. The Hall–Kier alpha value is -0.0800. The van der Waals surface area contributed by atoms with E-state index >= 15 is 0 Å². The van der Waals surface area contributed by atoms with Crippen molar-refractivity contribution in [3.05, 3.63) is 0 Å². The molecule has 2 nitrogen and oxygen atoms in total. The topological polar surface area (TPSA) is 21.8 Å². The maximum atomic E-state index is 5.73. The fraction of sp³-hybridized carbons (Fsp3) is 1.00. The normalized spacial score (nSPS) is 39.2. The van der Waals surface area contributed by atoms with Gasteiger partial charge in [-0.25, -0.2) is 0 Å². The minimum Gasteiger partial charge on any atom is -0.381 e. The van der Waals surface area contributed by atoms with Crippen molar-refractivity contribution in [2.75, 3.05) is 13.2 Å². The van der Waals surface area contributed by atoms with E-state index < -0.39 is 0 Å². The van der Waals surface area contributed by atoms with Gasteiger partial charge in [-0.05, 0) is 44.4 Å². The molecule has 3 atom stereocenters. The van der Waals surface area contributed by atoms with E-state index in [1.165, 1.54) is 25.7 Å². The van der Waals surface area contributed by atoms with Crippen molar-refractivity contribution in [3.63, 3.8) is 0 Å². The zero-order valence-electron chi connectivity index (χ0n) is 10.3. The Morgan fingerprint density at radius 1 is 1.47 bits per heavy atom. The summed E-state index contributed by atoms with van der Waals surface area (Å²) in [6.07, 6.45) is 5.47. The molecule has 1 saturated carbocycles. The molecule has 0 aromatic carbocycles. The zero-order valence-corrected chi connectivity index (χ0v) is 10.3. The number of hydrogen-bond acceptors (Lipinski definition) is 2. The first kappa shape index (κ1) is 11.4. The maximum Gasteiger partial charge on any atom is 0.0920 e. The summed E-state index contributed by atoms with van der Waals surface area (Å²) in [6, 6.07) is 0. The molecule has 2 rings (SSSR count). The first-order chi connectivity index (χ1) is 7.10. The van der Waals surface area contributed by atoms with Gasteiger partial charge in [-0.15, -0.1) is 0 Å². The molecule has 0 aromatic rings. The first-order valence-electron chi connectivity index (χ1n) is 6.36. The first-order valence-corrected chi connectivity index (χ1v) is 6.36. The highest BCUT2D eigenvalue weighted by molar-refractivity contribution is 5.03. The van der Waals surface area contributed by atoms with Gasteiger partial charge in [0.2, 0.25) is 0 Å². The smallest absolute Gasteiger partial charge is 0.0920 e. The van der Waals surface area contributed by atoms with Crippen molar-refractivity contribution in [2.45, 2.75) is 58.2 Å². The lowest BCUT2D eigenvalue weighted by Gasteiger charge is -2.22. The maximum absolute atomic E-state index is 5.73. The van der Waals surface area contributed by atoms with Gasteiger partial charge in [0.15, 0.2) is 0 Å². The van der Waals surface area contributed by atoms with Crippen LogP contribution in [0.25, 0.3) is 0 Å². The molecule has 3 unspecified atom stereocenters. The monoisotopic (exact) mass is 212 g/mol. The number of fused-ring (bicyclic) bond motifs is 1. The average molecular weight is 212 g/mol. The van der Waals surface area contributed by atoms with Crippen LogP contribution in [0.15, 0.2) is 0 Å². The summed E-state index contributed by atoms with van der Waals surface area (Å²) in [5.74, 6) is 1.50. The quantitative estimate of drug-likeness (QED) is 0.516. The molecule has 15 heavy (non-hydrogen) atoms. The van der Waals surface area contributed by atoms with Crippen molar-refractivity contribution >= 4 is 0 Å². The number of ether oxygens (including phenoxy) is 2. The Kier molecular flexibility index (Phi) is 3.36. The van der Waals surface area contributed by atoms with Gasteiger partial charge in [-0.3, -0.25) is 0 Å². The molecule has 1 aliphatic heterocycles. The molecule has 2 heteroatoms. The third kappa shape index (κ3) is 2.94. The van der Waals surface area contributed by atoms with Gasteiger partial charge in [0.1, 0.15) is 0 Å². The highest BCUT2D eigenvalue weighted by Gasteiger charge is 2.55. The molecule has 0 radical (unpaired) electrons. The second-order valence-electron chi connectivity index (χ2n) is 5.82. The predicted octanol–water partition coefficient (Wildman–Crippen LogP) is 3.01. The lowest BCUT2D eigenvalue weighted by atomic mass is 9.83. The van der Waals surface area contributed by atoms with Crippen LogP contribution in [0.5, 0.6) is 0 Å². The Morgan fingerprint density at radius 2 is 2.27 bits per heavy atom. The van der Waals surface area contributed by atoms with E-state index in [9.17, 15) is 0 Å². The molecule has 0 N–H and O–H groups in total. The van der Waals surface area contributed by atoms with E-state index in [-0.39, 0.29) is 5.60 Å². The summed E-state index contributed by atoms with van der Waals surface area (Å²) >= 11 is 0.